The van der Waals surface area contributed by atoms with E-state index in [2.05, 4.69) is 5.32 Å². The molecule has 1 N–H and O–H groups in total. The van der Waals surface area contributed by atoms with Gasteiger partial charge in [-0.05, 0) is 37.2 Å². The molecule has 0 saturated heterocycles. The van der Waals surface area contributed by atoms with Crippen molar-refractivity contribution in [3.63, 3.8) is 0 Å². The summed E-state index contributed by atoms with van der Waals surface area (Å²) in [6.45, 7) is 3.06. The summed E-state index contributed by atoms with van der Waals surface area (Å²) in [5, 5.41) is 2.89. The molecule has 0 unspecified atom stereocenters. The maximum absolute atomic E-state index is 12.5. The summed E-state index contributed by atoms with van der Waals surface area (Å²) < 4.78 is 5.87. The number of carbonyl (C=O) groups is 2. The highest BCUT2D eigenvalue weighted by atomic mass is 16.5. The molecule has 0 spiro atoms. The first-order valence-corrected chi connectivity index (χ1v) is 9.04. The minimum absolute atomic E-state index is 0.0240. The summed E-state index contributed by atoms with van der Waals surface area (Å²) >= 11 is 0. The number of likely N-dealkylation sites (N-methyl/N-ethyl adjacent to an activating group) is 1. The fourth-order valence-corrected chi connectivity index (χ4v) is 2.53. The van der Waals surface area contributed by atoms with Gasteiger partial charge in [-0.25, -0.2) is 0 Å². The Morgan fingerprint density at radius 1 is 0.963 bits per heavy atom. The van der Waals surface area contributed by atoms with Crippen molar-refractivity contribution in [1.82, 2.24) is 9.80 Å². The second kappa shape index (κ2) is 10.3. The zero-order chi connectivity index (χ0) is 19.6. The van der Waals surface area contributed by atoms with Crippen LogP contribution in [0.1, 0.15) is 13.3 Å². The standard InChI is InChI=1S/C21H27N3O3/c1-4-14-24(16-21(26)23(2)3)15-20(25)22-18-12-8-9-13-19(18)27-17-10-6-5-7-11-17/h5-13H,4,14-16H2,1-3H3,(H,22,25). The number of nitrogens with one attached hydrogen (secondary N) is 1. The van der Waals surface area contributed by atoms with E-state index in [0.717, 1.165) is 6.42 Å². The number of nitrogens with zero attached hydrogens (tertiary/aromatic N) is 2. The van der Waals surface area contributed by atoms with E-state index in [4.69, 9.17) is 4.74 Å². The molecule has 2 aromatic rings. The van der Waals surface area contributed by atoms with Crippen molar-refractivity contribution in [2.24, 2.45) is 0 Å². The molecule has 2 rings (SSSR count). The lowest BCUT2D eigenvalue weighted by Gasteiger charge is -2.22. The van der Waals surface area contributed by atoms with Gasteiger partial charge in [0.05, 0.1) is 18.8 Å². The van der Waals surface area contributed by atoms with Gasteiger partial charge in [-0.2, -0.15) is 0 Å². The van der Waals surface area contributed by atoms with Gasteiger partial charge in [-0.15, -0.1) is 0 Å². The Hall–Kier alpha value is -2.86. The van der Waals surface area contributed by atoms with E-state index in [0.29, 0.717) is 23.7 Å². The van der Waals surface area contributed by atoms with Gasteiger partial charge in [0.25, 0.3) is 0 Å². The van der Waals surface area contributed by atoms with Crippen LogP contribution in [0.3, 0.4) is 0 Å². The molecule has 2 amide bonds. The summed E-state index contributed by atoms with van der Waals surface area (Å²) in [5.41, 5.74) is 0.599. The molecule has 0 fully saturated rings. The lowest BCUT2D eigenvalue weighted by molar-refractivity contribution is -0.130. The Morgan fingerprint density at radius 2 is 1.63 bits per heavy atom. The van der Waals surface area contributed by atoms with E-state index >= 15 is 0 Å². The van der Waals surface area contributed by atoms with Crippen molar-refractivity contribution in [3.05, 3.63) is 54.6 Å². The van der Waals surface area contributed by atoms with Crippen LogP contribution in [-0.4, -0.2) is 55.3 Å². The molecule has 6 heteroatoms. The molecule has 0 aromatic heterocycles. The van der Waals surface area contributed by atoms with Gasteiger partial charge in [0.2, 0.25) is 11.8 Å². The van der Waals surface area contributed by atoms with Gasteiger partial charge in [-0.1, -0.05) is 37.3 Å². The van der Waals surface area contributed by atoms with Crippen LogP contribution in [0.4, 0.5) is 5.69 Å². The number of hydrogen-bond acceptors (Lipinski definition) is 4. The molecule has 6 nitrogen and oxygen atoms in total. The van der Waals surface area contributed by atoms with Crippen LogP contribution in [0.15, 0.2) is 54.6 Å². The molecular weight excluding hydrogens is 342 g/mol. The van der Waals surface area contributed by atoms with Crippen LogP contribution in [0.2, 0.25) is 0 Å². The zero-order valence-electron chi connectivity index (χ0n) is 16.1. The Morgan fingerprint density at radius 3 is 2.30 bits per heavy atom. The van der Waals surface area contributed by atoms with Crippen molar-refractivity contribution in [3.8, 4) is 11.5 Å². The molecule has 0 aliphatic carbocycles. The lowest BCUT2D eigenvalue weighted by atomic mass is 10.2. The molecule has 2 aromatic carbocycles. The van der Waals surface area contributed by atoms with Crippen LogP contribution in [-0.2, 0) is 9.59 Å². The van der Waals surface area contributed by atoms with Crippen LogP contribution < -0.4 is 10.1 Å². The lowest BCUT2D eigenvalue weighted by Crippen LogP contribution is -2.41. The van der Waals surface area contributed by atoms with Crippen LogP contribution >= 0.6 is 0 Å². The number of ether oxygens (including phenoxy) is 1. The first kappa shape index (κ1) is 20.5. The highest BCUT2D eigenvalue weighted by Crippen LogP contribution is 2.29. The molecule has 0 bridgehead atoms. The average molecular weight is 369 g/mol. The summed E-state index contributed by atoms with van der Waals surface area (Å²) in [7, 11) is 3.42. The van der Waals surface area contributed by atoms with Crippen molar-refractivity contribution in [2.45, 2.75) is 13.3 Å². The molecule has 0 atom stereocenters. The number of amides is 2. The van der Waals surface area contributed by atoms with Gasteiger partial charge in [0.15, 0.2) is 5.75 Å². The third-order valence-electron chi connectivity index (χ3n) is 3.90. The van der Waals surface area contributed by atoms with E-state index in [1.165, 1.54) is 4.90 Å². The van der Waals surface area contributed by atoms with Gasteiger partial charge in [0, 0.05) is 14.1 Å². The maximum Gasteiger partial charge on any atom is 0.238 e. The first-order valence-electron chi connectivity index (χ1n) is 9.04. The molecule has 27 heavy (non-hydrogen) atoms. The summed E-state index contributed by atoms with van der Waals surface area (Å²) in [4.78, 5) is 27.9. The monoisotopic (exact) mass is 369 g/mol. The fraction of sp³-hybridized carbons (Fsp3) is 0.333. The van der Waals surface area contributed by atoms with E-state index in [9.17, 15) is 9.59 Å². The number of rotatable bonds is 9. The van der Waals surface area contributed by atoms with Gasteiger partial charge in [-0.3, -0.25) is 14.5 Å². The van der Waals surface area contributed by atoms with Crippen molar-refractivity contribution in [2.75, 3.05) is 39.0 Å². The van der Waals surface area contributed by atoms with Crippen molar-refractivity contribution < 1.29 is 14.3 Å². The average Bonchev–Trinajstić information content (AvgIpc) is 2.64. The van der Waals surface area contributed by atoms with Crippen molar-refractivity contribution >= 4 is 17.5 Å². The second-order valence-electron chi connectivity index (χ2n) is 6.46. The smallest absolute Gasteiger partial charge is 0.238 e. The van der Waals surface area contributed by atoms with E-state index in [1.54, 1.807) is 20.2 Å². The summed E-state index contributed by atoms with van der Waals surface area (Å²) in [6, 6.07) is 16.7. The van der Waals surface area contributed by atoms with Gasteiger partial charge in [0.1, 0.15) is 5.75 Å². The predicted octanol–water partition coefficient (Wildman–Crippen LogP) is 3.22. The first-order chi connectivity index (χ1) is 13.0. The Balaban J connectivity index is 2.03. The minimum Gasteiger partial charge on any atom is -0.455 e. The minimum atomic E-state index is -0.181. The number of benzene rings is 2. The van der Waals surface area contributed by atoms with E-state index in [1.807, 2.05) is 60.4 Å². The fourth-order valence-electron chi connectivity index (χ4n) is 2.53. The predicted molar refractivity (Wildman–Crippen MR) is 107 cm³/mol. The number of hydrogen-bond donors (Lipinski definition) is 1. The molecule has 0 radical (unpaired) electrons. The number of para-hydroxylation sites is 3. The van der Waals surface area contributed by atoms with E-state index < -0.39 is 0 Å². The Kier molecular flexibility index (Phi) is 7.82. The largest absolute Gasteiger partial charge is 0.455 e. The third-order valence-corrected chi connectivity index (χ3v) is 3.90. The van der Waals surface area contributed by atoms with Gasteiger partial charge >= 0.3 is 0 Å². The quantitative estimate of drug-likeness (QED) is 0.737. The van der Waals surface area contributed by atoms with Crippen LogP contribution in [0.5, 0.6) is 11.5 Å². The third kappa shape index (κ3) is 6.75. The topological polar surface area (TPSA) is 61.9 Å². The zero-order valence-corrected chi connectivity index (χ0v) is 16.1. The molecule has 0 saturated carbocycles. The highest BCUT2D eigenvalue weighted by molar-refractivity contribution is 5.94. The molecular formula is C21H27N3O3. The second-order valence-corrected chi connectivity index (χ2v) is 6.46. The van der Waals surface area contributed by atoms with Gasteiger partial charge < -0.3 is 15.0 Å². The summed E-state index contributed by atoms with van der Waals surface area (Å²) in [5.74, 6) is 1.06. The normalized spacial score (nSPS) is 10.5. The molecule has 0 heterocycles. The Labute approximate surface area is 160 Å². The highest BCUT2D eigenvalue weighted by Gasteiger charge is 2.16. The number of anilines is 1. The summed E-state index contributed by atoms with van der Waals surface area (Å²) in [6.07, 6.45) is 0.863. The molecule has 0 aliphatic rings. The SMILES string of the molecule is CCCN(CC(=O)Nc1ccccc1Oc1ccccc1)CC(=O)N(C)C. The Bertz CT molecular complexity index is 747. The van der Waals surface area contributed by atoms with E-state index in [-0.39, 0.29) is 24.9 Å². The number of carbonyl (C=O) groups excluding carboxylic acids is 2. The maximum atomic E-state index is 12.5. The molecule has 144 valence electrons. The van der Waals surface area contributed by atoms with Crippen LogP contribution in [0, 0.1) is 0 Å². The van der Waals surface area contributed by atoms with Crippen molar-refractivity contribution in [1.29, 1.82) is 0 Å². The molecule has 0 aliphatic heterocycles. The van der Waals surface area contributed by atoms with Crippen LogP contribution in [0.25, 0.3) is 0 Å².